The van der Waals surface area contributed by atoms with Gasteiger partial charge in [0.1, 0.15) is 5.75 Å². The molecule has 1 N–H and O–H groups in total. The normalized spacial score (nSPS) is 10.1. The summed E-state index contributed by atoms with van der Waals surface area (Å²) in [5.74, 6) is 0.168. The Morgan fingerprint density at radius 2 is 1.82 bits per heavy atom. The van der Waals surface area contributed by atoms with E-state index in [2.05, 4.69) is 11.1 Å². The fourth-order valence-corrected chi connectivity index (χ4v) is 2.41. The van der Waals surface area contributed by atoms with Crippen molar-refractivity contribution in [2.45, 2.75) is 6.42 Å². The van der Waals surface area contributed by atoms with E-state index >= 15 is 0 Å². The average molecular weight is 286 g/mol. The summed E-state index contributed by atoms with van der Waals surface area (Å²) < 4.78 is 0. The molecule has 0 fully saturated rings. The van der Waals surface area contributed by atoms with Crippen LogP contribution >= 0.6 is 0 Å². The Kier molecular flexibility index (Phi) is 3.84. The zero-order valence-corrected chi connectivity index (χ0v) is 11.9. The third-order valence-corrected chi connectivity index (χ3v) is 3.52. The van der Waals surface area contributed by atoms with Gasteiger partial charge < -0.3 is 5.11 Å². The zero-order valence-electron chi connectivity index (χ0n) is 11.9. The molecule has 1 heterocycles. The van der Waals surface area contributed by atoms with Crippen molar-refractivity contribution in [3.8, 4) is 22.9 Å². The van der Waals surface area contributed by atoms with Crippen molar-refractivity contribution in [2.24, 2.45) is 0 Å². The molecule has 0 saturated carbocycles. The van der Waals surface area contributed by atoms with Gasteiger partial charge >= 0.3 is 0 Å². The maximum absolute atomic E-state index is 10.5. The SMILES string of the molecule is N#Cc1cccc(-c2ccnc(Cc3ccccc3)c2O)c1. The van der Waals surface area contributed by atoms with Crippen LogP contribution in [0.2, 0.25) is 0 Å². The summed E-state index contributed by atoms with van der Waals surface area (Å²) in [6, 6.07) is 21.0. The molecule has 3 nitrogen and oxygen atoms in total. The Bertz CT molecular complexity index is 836. The Hall–Kier alpha value is -3.12. The molecule has 0 radical (unpaired) electrons. The van der Waals surface area contributed by atoms with Crippen LogP contribution in [-0.2, 0) is 6.42 Å². The van der Waals surface area contributed by atoms with E-state index in [-0.39, 0.29) is 5.75 Å². The van der Waals surface area contributed by atoms with Crippen LogP contribution in [0.4, 0.5) is 0 Å². The Morgan fingerprint density at radius 3 is 2.59 bits per heavy atom. The smallest absolute Gasteiger partial charge is 0.145 e. The molecule has 1 aromatic heterocycles. The van der Waals surface area contributed by atoms with Crippen LogP contribution in [0.15, 0.2) is 66.9 Å². The highest BCUT2D eigenvalue weighted by molar-refractivity contribution is 5.72. The summed E-state index contributed by atoms with van der Waals surface area (Å²) in [7, 11) is 0. The Balaban J connectivity index is 2.00. The van der Waals surface area contributed by atoms with E-state index in [9.17, 15) is 5.11 Å². The third-order valence-electron chi connectivity index (χ3n) is 3.52. The van der Waals surface area contributed by atoms with Crippen molar-refractivity contribution in [1.82, 2.24) is 4.98 Å². The number of aromatic hydroxyl groups is 1. The molecule has 22 heavy (non-hydrogen) atoms. The quantitative estimate of drug-likeness (QED) is 0.794. The van der Waals surface area contributed by atoms with E-state index in [1.54, 1.807) is 24.4 Å². The van der Waals surface area contributed by atoms with Gasteiger partial charge in [-0.15, -0.1) is 0 Å². The minimum Gasteiger partial charge on any atom is -0.505 e. The molecule has 0 amide bonds. The van der Waals surface area contributed by atoms with Gasteiger partial charge in [0.25, 0.3) is 0 Å². The first kappa shape index (κ1) is 13.8. The number of benzene rings is 2. The summed E-state index contributed by atoms with van der Waals surface area (Å²) in [4.78, 5) is 4.29. The summed E-state index contributed by atoms with van der Waals surface area (Å²) in [5, 5.41) is 19.5. The van der Waals surface area contributed by atoms with Crippen molar-refractivity contribution >= 4 is 0 Å². The van der Waals surface area contributed by atoms with Crippen molar-refractivity contribution in [2.75, 3.05) is 0 Å². The number of pyridine rings is 1. The predicted octanol–water partition coefficient (Wildman–Crippen LogP) is 3.92. The first-order valence-corrected chi connectivity index (χ1v) is 6.99. The van der Waals surface area contributed by atoms with Gasteiger partial charge in [0, 0.05) is 18.2 Å². The number of hydrogen-bond acceptors (Lipinski definition) is 3. The number of nitriles is 1. The van der Waals surface area contributed by atoms with Gasteiger partial charge in [-0.05, 0) is 29.3 Å². The van der Waals surface area contributed by atoms with Crippen molar-refractivity contribution in [1.29, 1.82) is 5.26 Å². The minimum atomic E-state index is 0.168. The molecular formula is C19H14N2O. The molecule has 0 spiro atoms. The van der Waals surface area contributed by atoms with E-state index in [4.69, 9.17) is 5.26 Å². The van der Waals surface area contributed by atoms with Crippen molar-refractivity contribution in [3.63, 3.8) is 0 Å². The lowest BCUT2D eigenvalue weighted by molar-refractivity contribution is 0.467. The van der Waals surface area contributed by atoms with E-state index in [0.717, 1.165) is 11.1 Å². The van der Waals surface area contributed by atoms with Gasteiger partial charge in [0.2, 0.25) is 0 Å². The van der Waals surface area contributed by atoms with Crippen LogP contribution in [0.25, 0.3) is 11.1 Å². The molecule has 3 rings (SSSR count). The lowest BCUT2D eigenvalue weighted by Gasteiger charge is -2.09. The van der Waals surface area contributed by atoms with Crippen LogP contribution < -0.4 is 0 Å². The van der Waals surface area contributed by atoms with Crippen molar-refractivity contribution in [3.05, 3.63) is 83.7 Å². The number of aromatic nitrogens is 1. The molecule has 106 valence electrons. The highest BCUT2D eigenvalue weighted by atomic mass is 16.3. The summed E-state index contributed by atoms with van der Waals surface area (Å²) >= 11 is 0. The molecule has 3 aromatic rings. The molecule has 2 aromatic carbocycles. The standard InChI is InChI=1S/C19H14N2O/c20-13-15-7-4-8-16(11-15)17-9-10-21-18(19(17)22)12-14-5-2-1-3-6-14/h1-11,22H,12H2. The maximum Gasteiger partial charge on any atom is 0.145 e. The van der Waals surface area contributed by atoms with Gasteiger partial charge in [-0.2, -0.15) is 5.26 Å². The topological polar surface area (TPSA) is 56.9 Å². The van der Waals surface area contributed by atoms with Crippen LogP contribution in [0.5, 0.6) is 5.75 Å². The summed E-state index contributed by atoms with van der Waals surface area (Å²) in [6.45, 7) is 0. The van der Waals surface area contributed by atoms with Gasteiger partial charge in [-0.25, -0.2) is 0 Å². The maximum atomic E-state index is 10.5. The van der Waals surface area contributed by atoms with Crippen LogP contribution in [0.3, 0.4) is 0 Å². The highest BCUT2D eigenvalue weighted by Crippen LogP contribution is 2.32. The van der Waals surface area contributed by atoms with E-state index in [1.807, 2.05) is 42.5 Å². The molecular weight excluding hydrogens is 272 g/mol. The van der Waals surface area contributed by atoms with Crippen LogP contribution in [0.1, 0.15) is 16.8 Å². The van der Waals surface area contributed by atoms with E-state index < -0.39 is 0 Å². The predicted molar refractivity (Wildman–Crippen MR) is 85.3 cm³/mol. The van der Waals surface area contributed by atoms with Gasteiger partial charge in [0.05, 0.1) is 17.3 Å². The van der Waals surface area contributed by atoms with Crippen LogP contribution in [0, 0.1) is 11.3 Å². The van der Waals surface area contributed by atoms with Crippen LogP contribution in [-0.4, -0.2) is 10.1 Å². The second-order valence-corrected chi connectivity index (χ2v) is 5.01. The first-order chi connectivity index (χ1) is 10.8. The van der Waals surface area contributed by atoms with Gasteiger partial charge in [-0.1, -0.05) is 42.5 Å². The second kappa shape index (κ2) is 6.11. The van der Waals surface area contributed by atoms with Gasteiger partial charge in [0.15, 0.2) is 0 Å². The average Bonchev–Trinajstić information content (AvgIpc) is 2.58. The molecule has 0 atom stereocenters. The number of rotatable bonds is 3. The monoisotopic (exact) mass is 286 g/mol. The fraction of sp³-hybridized carbons (Fsp3) is 0.0526. The molecule has 3 heteroatoms. The Morgan fingerprint density at radius 1 is 1.00 bits per heavy atom. The third kappa shape index (κ3) is 2.82. The van der Waals surface area contributed by atoms with E-state index in [1.165, 1.54) is 0 Å². The van der Waals surface area contributed by atoms with Gasteiger partial charge in [-0.3, -0.25) is 4.98 Å². The lowest BCUT2D eigenvalue weighted by Crippen LogP contribution is -1.94. The second-order valence-electron chi connectivity index (χ2n) is 5.01. The van der Waals surface area contributed by atoms with Crippen molar-refractivity contribution < 1.29 is 5.11 Å². The molecule has 0 saturated heterocycles. The summed E-state index contributed by atoms with van der Waals surface area (Å²) in [6.07, 6.45) is 2.25. The minimum absolute atomic E-state index is 0.168. The van der Waals surface area contributed by atoms with E-state index in [0.29, 0.717) is 23.2 Å². The fourth-order valence-electron chi connectivity index (χ4n) is 2.41. The lowest BCUT2D eigenvalue weighted by atomic mass is 10.0. The summed E-state index contributed by atoms with van der Waals surface area (Å²) in [5.41, 5.74) is 3.80. The molecule has 0 bridgehead atoms. The molecule has 0 aliphatic carbocycles. The number of hydrogen-bond donors (Lipinski definition) is 1. The molecule has 0 aliphatic heterocycles. The Labute approximate surface area is 129 Å². The zero-order chi connectivity index (χ0) is 15.4. The largest absolute Gasteiger partial charge is 0.505 e. The first-order valence-electron chi connectivity index (χ1n) is 6.99. The number of nitrogens with zero attached hydrogens (tertiary/aromatic N) is 2. The highest BCUT2D eigenvalue weighted by Gasteiger charge is 2.11. The molecule has 0 aliphatic rings. The molecule has 0 unspecified atom stereocenters.